The minimum Gasteiger partial charge on any atom is -0.454 e. The van der Waals surface area contributed by atoms with Crippen LogP contribution in [0.1, 0.15) is 29.6 Å². The zero-order valence-corrected chi connectivity index (χ0v) is 13.9. The summed E-state index contributed by atoms with van der Waals surface area (Å²) in [5.74, 6) is 0.993. The topological polar surface area (TPSA) is 91.9 Å². The molecule has 0 aromatic heterocycles. The van der Waals surface area contributed by atoms with Gasteiger partial charge in [0, 0.05) is 31.2 Å². The summed E-state index contributed by atoms with van der Waals surface area (Å²) in [5.41, 5.74) is 6.68. The third kappa shape index (κ3) is 3.27. The summed E-state index contributed by atoms with van der Waals surface area (Å²) in [6.07, 6.45) is 2.50. The predicted octanol–water partition coefficient (Wildman–Crippen LogP) is 0.00260. The van der Waals surface area contributed by atoms with Crippen LogP contribution in [0.5, 0.6) is 11.5 Å². The number of rotatable bonds is 4. The van der Waals surface area contributed by atoms with Gasteiger partial charge in [0.05, 0.1) is 0 Å². The molecule has 3 aliphatic heterocycles. The third-order valence-corrected chi connectivity index (χ3v) is 4.88. The summed E-state index contributed by atoms with van der Waals surface area (Å²) < 4.78 is 10.6. The fraction of sp³-hybridized carbons (Fsp3) is 0.529. The summed E-state index contributed by atoms with van der Waals surface area (Å²) in [6.45, 7) is 2.23. The Bertz CT molecular complexity index is 675. The van der Waals surface area contributed by atoms with Gasteiger partial charge in [0.25, 0.3) is 5.91 Å². The van der Waals surface area contributed by atoms with Gasteiger partial charge in [-0.05, 0) is 37.5 Å². The van der Waals surface area contributed by atoms with Crippen molar-refractivity contribution in [3.05, 3.63) is 23.8 Å². The van der Waals surface area contributed by atoms with E-state index in [0.717, 1.165) is 19.4 Å². The standard InChI is InChI=1S/C17H22N4O4/c22-16(18-9-12-5-6-19-20-12)13-2-1-7-21(13)17(23)11-3-4-14-15(8-11)25-10-24-14/h3-4,8,12-13,19-20H,1-2,5-7,9-10H2,(H,18,22). The second-order valence-corrected chi connectivity index (χ2v) is 6.53. The van der Waals surface area contributed by atoms with Gasteiger partial charge in [0.1, 0.15) is 6.04 Å². The van der Waals surface area contributed by atoms with Crippen LogP contribution in [0.15, 0.2) is 18.2 Å². The number of nitrogens with one attached hydrogen (secondary N) is 3. The summed E-state index contributed by atoms with van der Waals surface area (Å²) in [7, 11) is 0. The molecule has 25 heavy (non-hydrogen) atoms. The van der Waals surface area contributed by atoms with Crippen LogP contribution in [0.3, 0.4) is 0 Å². The Kier molecular flexibility index (Phi) is 4.46. The Morgan fingerprint density at radius 2 is 2.12 bits per heavy atom. The molecule has 134 valence electrons. The Morgan fingerprint density at radius 3 is 2.96 bits per heavy atom. The molecule has 0 saturated carbocycles. The lowest BCUT2D eigenvalue weighted by Crippen LogP contribution is -2.49. The second kappa shape index (κ2) is 6.89. The van der Waals surface area contributed by atoms with E-state index in [1.807, 2.05) is 0 Å². The first-order valence-electron chi connectivity index (χ1n) is 8.69. The van der Waals surface area contributed by atoms with Gasteiger partial charge in [-0.1, -0.05) is 0 Å². The zero-order valence-electron chi connectivity index (χ0n) is 13.9. The van der Waals surface area contributed by atoms with Crippen molar-refractivity contribution in [1.29, 1.82) is 0 Å². The highest BCUT2D eigenvalue weighted by Gasteiger charge is 2.35. The zero-order chi connectivity index (χ0) is 17.2. The number of benzene rings is 1. The molecule has 1 aromatic carbocycles. The number of fused-ring (bicyclic) bond motifs is 1. The highest BCUT2D eigenvalue weighted by molar-refractivity contribution is 5.98. The van der Waals surface area contributed by atoms with Crippen molar-refractivity contribution in [2.24, 2.45) is 0 Å². The fourth-order valence-corrected chi connectivity index (χ4v) is 3.51. The molecule has 2 fully saturated rings. The molecule has 8 heteroatoms. The SMILES string of the molecule is O=C(NCC1CCNN1)C1CCCN1C(=O)c1ccc2c(c1)OCO2. The van der Waals surface area contributed by atoms with E-state index >= 15 is 0 Å². The van der Waals surface area contributed by atoms with Crippen LogP contribution >= 0.6 is 0 Å². The number of ether oxygens (including phenoxy) is 2. The van der Waals surface area contributed by atoms with Crippen LogP contribution in [-0.2, 0) is 4.79 Å². The van der Waals surface area contributed by atoms with Gasteiger partial charge in [0.15, 0.2) is 11.5 Å². The van der Waals surface area contributed by atoms with Crippen molar-refractivity contribution in [3.8, 4) is 11.5 Å². The van der Waals surface area contributed by atoms with E-state index < -0.39 is 6.04 Å². The quantitative estimate of drug-likeness (QED) is 0.711. The fourth-order valence-electron chi connectivity index (χ4n) is 3.51. The number of amides is 2. The molecule has 1 aromatic rings. The van der Waals surface area contributed by atoms with E-state index in [2.05, 4.69) is 16.2 Å². The average molecular weight is 346 g/mol. The Morgan fingerprint density at radius 1 is 1.24 bits per heavy atom. The highest BCUT2D eigenvalue weighted by Crippen LogP contribution is 2.33. The van der Waals surface area contributed by atoms with Crippen LogP contribution in [0.2, 0.25) is 0 Å². The summed E-state index contributed by atoms with van der Waals surface area (Å²) in [4.78, 5) is 27.0. The maximum atomic E-state index is 12.8. The van der Waals surface area contributed by atoms with Gasteiger partial charge < -0.3 is 19.7 Å². The van der Waals surface area contributed by atoms with Crippen LogP contribution in [0.25, 0.3) is 0 Å². The number of carbonyl (C=O) groups excluding carboxylic acids is 2. The summed E-state index contributed by atoms with van der Waals surface area (Å²) in [6, 6.07) is 4.97. The predicted molar refractivity (Wildman–Crippen MR) is 89.2 cm³/mol. The first kappa shape index (κ1) is 16.2. The number of hydrogen-bond donors (Lipinski definition) is 3. The van der Waals surface area contributed by atoms with Crippen LogP contribution in [-0.4, -0.2) is 55.2 Å². The van der Waals surface area contributed by atoms with Gasteiger partial charge in [-0.15, -0.1) is 0 Å². The number of nitrogens with zero attached hydrogens (tertiary/aromatic N) is 1. The third-order valence-electron chi connectivity index (χ3n) is 4.88. The maximum absolute atomic E-state index is 12.8. The molecular weight excluding hydrogens is 324 g/mol. The lowest BCUT2D eigenvalue weighted by atomic mass is 10.1. The van der Waals surface area contributed by atoms with Crippen molar-refractivity contribution in [2.45, 2.75) is 31.3 Å². The van der Waals surface area contributed by atoms with Crippen LogP contribution in [0.4, 0.5) is 0 Å². The molecular formula is C17H22N4O4. The van der Waals surface area contributed by atoms with Crippen LogP contribution in [0, 0.1) is 0 Å². The van der Waals surface area contributed by atoms with Gasteiger partial charge in [-0.2, -0.15) is 0 Å². The number of likely N-dealkylation sites (tertiary alicyclic amines) is 1. The number of hydrogen-bond acceptors (Lipinski definition) is 6. The van der Waals surface area contributed by atoms with Crippen molar-refractivity contribution >= 4 is 11.8 Å². The maximum Gasteiger partial charge on any atom is 0.254 e. The molecule has 0 aliphatic carbocycles. The van der Waals surface area contributed by atoms with Gasteiger partial charge >= 0.3 is 0 Å². The van der Waals surface area contributed by atoms with Crippen molar-refractivity contribution in [3.63, 3.8) is 0 Å². The van der Waals surface area contributed by atoms with E-state index in [0.29, 0.717) is 36.6 Å². The number of carbonyl (C=O) groups is 2. The first-order chi connectivity index (χ1) is 12.2. The largest absolute Gasteiger partial charge is 0.454 e. The van der Waals surface area contributed by atoms with Crippen molar-refractivity contribution in [1.82, 2.24) is 21.1 Å². The molecule has 2 unspecified atom stereocenters. The highest BCUT2D eigenvalue weighted by atomic mass is 16.7. The second-order valence-electron chi connectivity index (χ2n) is 6.53. The van der Waals surface area contributed by atoms with E-state index in [-0.39, 0.29) is 24.6 Å². The van der Waals surface area contributed by atoms with E-state index in [9.17, 15) is 9.59 Å². The molecule has 3 aliphatic rings. The molecule has 0 bridgehead atoms. The normalized spacial score (nSPS) is 24.6. The molecule has 0 spiro atoms. The van der Waals surface area contributed by atoms with E-state index in [1.165, 1.54) is 0 Å². The molecule has 2 atom stereocenters. The molecule has 0 radical (unpaired) electrons. The smallest absolute Gasteiger partial charge is 0.254 e. The molecule has 2 amide bonds. The van der Waals surface area contributed by atoms with Crippen molar-refractivity contribution < 1.29 is 19.1 Å². The Labute approximate surface area is 145 Å². The van der Waals surface area contributed by atoms with Gasteiger partial charge in [0.2, 0.25) is 12.7 Å². The molecule has 2 saturated heterocycles. The van der Waals surface area contributed by atoms with Crippen LogP contribution < -0.4 is 25.6 Å². The number of hydrazine groups is 1. The van der Waals surface area contributed by atoms with E-state index in [4.69, 9.17) is 9.47 Å². The Balaban J connectivity index is 1.41. The summed E-state index contributed by atoms with van der Waals surface area (Å²) in [5, 5.41) is 2.96. The van der Waals surface area contributed by atoms with Gasteiger partial charge in [-0.3, -0.25) is 20.4 Å². The monoisotopic (exact) mass is 346 g/mol. The first-order valence-corrected chi connectivity index (χ1v) is 8.69. The van der Waals surface area contributed by atoms with E-state index in [1.54, 1.807) is 23.1 Å². The minimum absolute atomic E-state index is 0.0831. The average Bonchev–Trinajstić information content (AvgIpc) is 3.39. The molecule has 4 rings (SSSR count). The minimum atomic E-state index is -0.410. The molecule has 3 heterocycles. The lowest BCUT2D eigenvalue weighted by Gasteiger charge is -2.24. The van der Waals surface area contributed by atoms with Crippen molar-refractivity contribution in [2.75, 3.05) is 26.4 Å². The molecule has 3 N–H and O–H groups in total. The summed E-state index contributed by atoms with van der Waals surface area (Å²) >= 11 is 0. The molecule has 8 nitrogen and oxygen atoms in total. The van der Waals surface area contributed by atoms with Gasteiger partial charge in [-0.25, -0.2) is 0 Å². The Hall–Kier alpha value is -2.32. The lowest BCUT2D eigenvalue weighted by molar-refractivity contribution is -0.124.